The minimum Gasteiger partial charge on any atom is -0.496 e. The normalized spacial score (nSPS) is 10.7. The lowest BCUT2D eigenvalue weighted by molar-refractivity contribution is 0.408. The third kappa shape index (κ3) is 2.45. The first-order chi connectivity index (χ1) is 10.2. The molecule has 1 heterocycles. The Morgan fingerprint density at radius 2 is 2.05 bits per heavy atom. The van der Waals surface area contributed by atoms with Crippen LogP contribution in [0.25, 0.3) is 10.9 Å². The highest BCUT2D eigenvalue weighted by Gasteiger charge is 2.08. The minimum absolute atomic E-state index is 0.0699. The molecule has 0 unspecified atom stereocenters. The summed E-state index contributed by atoms with van der Waals surface area (Å²) in [4.78, 5) is 16.8. The van der Waals surface area contributed by atoms with Gasteiger partial charge in [0.2, 0.25) is 0 Å². The second kappa shape index (κ2) is 5.28. The summed E-state index contributed by atoms with van der Waals surface area (Å²) in [6, 6.07) is 12.7. The first kappa shape index (κ1) is 13.2. The number of anilines is 1. The molecule has 0 aliphatic heterocycles. The van der Waals surface area contributed by atoms with Crippen LogP contribution in [0, 0.1) is 0 Å². The zero-order valence-electron chi connectivity index (χ0n) is 11.6. The molecule has 0 saturated carbocycles. The number of nitrogens with two attached hydrogens (primary N) is 1. The smallest absolute Gasteiger partial charge is 0.261 e. The molecular weight excluding hydrogens is 266 g/mol. The van der Waals surface area contributed by atoms with Gasteiger partial charge >= 0.3 is 0 Å². The predicted molar refractivity (Wildman–Crippen MR) is 82.5 cm³/mol. The number of ether oxygens (including phenoxy) is 1. The van der Waals surface area contributed by atoms with Crippen LogP contribution in [0.15, 0.2) is 53.6 Å². The molecule has 0 bridgehead atoms. The van der Waals surface area contributed by atoms with Crippen LogP contribution >= 0.6 is 0 Å². The van der Waals surface area contributed by atoms with Gasteiger partial charge in [0.1, 0.15) is 5.75 Å². The lowest BCUT2D eigenvalue weighted by Crippen LogP contribution is -2.21. The minimum atomic E-state index is -0.0699. The maximum absolute atomic E-state index is 12.5. The van der Waals surface area contributed by atoms with Gasteiger partial charge in [-0.25, -0.2) is 4.98 Å². The Hall–Kier alpha value is -2.82. The molecular formula is C16H15N3O2. The van der Waals surface area contributed by atoms with E-state index in [1.807, 2.05) is 24.3 Å². The van der Waals surface area contributed by atoms with Gasteiger partial charge < -0.3 is 10.5 Å². The molecule has 0 radical (unpaired) electrons. The third-order valence-electron chi connectivity index (χ3n) is 3.38. The molecule has 2 N–H and O–H groups in total. The number of nitrogens with zero attached hydrogens (tertiary/aromatic N) is 2. The van der Waals surface area contributed by atoms with Gasteiger partial charge in [0.05, 0.1) is 30.9 Å². The van der Waals surface area contributed by atoms with Crippen LogP contribution in [-0.2, 0) is 6.54 Å². The van der Waals surface area contributed by atoms with Crippen LogP contribution in [-0.4, -0.2) is 16.7 Å². The molecule has 106 valence electrons. The number of hydrogen-bond donors (Lipinski definition) is 1. The van der Waals surface area contributed by atoms with Gasteiger partial charge in [0, 0.05) is 17.3 Å². The fraction of sp³-hybridized carbons (Fsp3) is 0.125. The summed E-state index contributed by atoms with van der Waals surface area (Å²) in [6.07, 6.45) is 1.56. The highest BCUT2D eigenvalue weighted by atomic mass is 16.5. The van der Waals surface area contributed by atoms with E-state index in [4.69, 9.17) is 10.5 Å². The summed E-state index contributed by atoms with van der Waals surface area (Å²) in [6.45, 7) is 0.389. The van der Waals surface area contributed by atoms with E-state index in [9.17, 15) is 4.79 Å². The van der Waals surface area contributed by atoms with Gasteiger partial charge in [0.15, 0.2) is 0 Å². The summed E-state index contributed by atoms with van der Waals surface area (Å²) in [5, 5.41) is 0.606. The number of nitrogen functional groups attached to an aromatic ring is 1. The molecule has 21 heavy (non-hydrogen) atoms. The first-order valence-electron chi connectivity index (χ1n) is 6.55. The number of hydrogen-bond acceptors (Lipinski definition) is 4. The predicted octanol–water partition coefficient (Wildman–Crippen LogP) is 2.04. The number of fused-ring (bicyclic) bond motifs is 1. The van der Waals surface area contributed by atoms with Crippen molar-refractivity contribution >= 4 is 16.6 Å². The Bertz CT molecular complexity index is 856. The van der Waals surface area contributed by atoms with Crippen molar-refractivity contribution in [2.24, 2.45) is 0 Å². The van der Waals surface area contributed by atoms with Crippen molar-refractivity contribution in [1.82, 2.24) is 9.55 Å². The number of methoxy groups -OCH3 is 1. The van der Waals surface area contributed by atoms with Crippen molar-refractivity contribution < 1.29 is 4.74 Å². The average Bonchev–Trinajstić information content (AvgIpc) is 2.51. The van der Waals surface area contributed by atoms with E-state index in [1.54, 1.807) is 36.2 Å². The summed E-state index contributed by atoms with van der Waals surface area (Å²) in [7, 11) is 1.58. The zero-order valence-corrected chi connectivity index (χ0v) is 11.6. The molecule has 0 saturated heterocycles. The molecule has 0 spiro atoms. The van der Waals surface area contributed by atoms with E-state index < -0.39 is 0 Å². The van der Waals surface area contributed by atoms with Crippen molar-refractivity contribution in [2.45, 2.75) is 6.54 Å². The molecule has 0 aliphatic carbocycles. The highest BCUT2D eigenvalue weighted by Crippen LogP contribution is 2.22. The maximum Gasteiger partial charge on any atom is 0.261 e. The zero-order chi connectivity index (χ0) is 14.8. The number of para-hydroxylation sites is 1. The standard InChI is InChI=1S/C16H15N3O2/c1-21-15-8-12(17)7-6-11(15)9-19-10-18-14-5-3-2-4-13(14)16(19)20/h2-8,10H,9,17H2,1H3. The molecule has 1 aromatic heterocycles. The molecule has 3 aromatic rings. The molecule has 5 heteroatoms. The van der Waals surface area contributed by atoms with Gasteiger partial charge in [-0.2, -0.15) is 0 Å². The van der Waals surface area contributed by atoms with Gasteiger partial charge in [0.25, 0.3) is 5.56 Å². The molecule has 2 aromatic carbocycles. The third-order valence-corrected chi connectivity index (χ3v) is 3.38. The maximum atomic E-state index is 12.5. The van der Waals surface area contributed by atoms with Crippen LogP contribution in [0.1, 0.15) is 5.56 Å². The topological polar surface area (TPSA) is 70.1 Å². The molecule has 0 fully saturated rings. The molecule has 5 nitrogen and oxygen atoms in total. The van der Waals surface area contributed by atoms with E-state index in [0.29, 0.717) is 28.9 Å². The van der Waals surface area contributed by atoms with Crippen LogP contribution in [0.2, 0.25) is 0 Å². The van der Waals surface area contributed by atoms with E-state index in [0.717, 1.165) is 5.56 Å². The van der Waals surface area contributed by atoms with Crippen molar-refractivity contribution in [3.05, 3.63) is 64.7 Å². The fourth-order valence-corrected chi connectivity index (χ4v) is 2.29. The average molecular weight is 281 g/mol. The Morgan fingerprint density at radius 1 is 1.24 bits per heavy atom. The van der Waals surface area contributed by atoms with E-state index >= 15 is 0 Å². The second-order valence-electron chi connectivity index (χ2n) is 4.77. The lowest BCUT2D eigenvalue weighted by atomic mass is 10.1. The quantitative estimate of drug-likeness (QED) is 0.746. The monoisotopic (exact) mass is 281 g/mol. The lowest BCUT2D eigenvalue weighted by Gasteiger charge is -2.11. The summed E-state index contributed by atoms with van der Waals surface area (Å²) < 4.78 is 6.88. The highest BCUT2D eigenvalue weighted by molar-refractivity contribution is 5.76. The Balaban J connectivity index is 2.06. The van der Waals surface area contributed by atoms with Gasteiger partial charge in [-0.15, -0.1) is 0 Å². The molecule has 3 rings (SSSR count). The van der Waals surface area contributed by atoms with Crippen LogP contribution in [0.4, 0.5) is 5.69 Å². The van der Waals surface area contributed by atoms with Crippen molar-refractivity contribution in [1.29, 1.82) is 0 Å². The SMILES string of the molecule is COc1cc(N)ccc1Cn1cnc2ccccc2c1=O. The Labute approximate surface area is 121 Å². The van der Waals surface area contributed by atoms with Gasteiger partial charge in [-0.3, -0.25) is 9.36 Å². The van der Waals surface area contributed by atoms with Crippen molar-refractivity contribution in [2.75, 3.05) is 12.8 Å². The summed E-state index contributed by atoms with van der Waals surface area (Å²) in [5.41, 5.74) is 7.87. The van der Waals surface area contributed by atoms with Crippen LogP contribution < -0.4 is 16.0 Å². The largest absolute Gasteiger partial charge is 0.496 e. The Morgan fingerprint density at radius 3 is 2.86 bits per heavy atom. The van der Waals surface area contributed by atoms with Gasteiger partial charge in [-0.05, 0) is 18.2 Å². The fourth-order valence-electron chi connectivity index (χ4n) is 2.29. The Kier molecular flexibility index (Phi) is 3.31. The van der Waals surface area contributed by atoms with E-state index in [1.165, 1.54) is 0 Å². The number of aromatic nitrogens is 2. The molecule has 0 atom stereocenters. The first-order valence-corrected chi connectivity index (χ1v) is 6.55. The van der Waals surface area contributed by atoms with E-state index in [-0.39, 0.29) is 5.56 Å². The molecule has 0 amide bonds. The molecule has 0 aliphatic rings. The van der Waals surface area contributed by atoms with Crippen molar-refractivity contribution in [3.8, 4) is 5.75 Å². The van der Waals surface area contributed by atoms with Crippen molar-refractivity contribution in [3.63, 3.8) is 0 Å². The van der Waals surface area contributed by atoms with Gasteiger partial charge in [-0.1, -0.05) is 18.2 Å². The number of rotatable bonds is 3. The second-order valence-corrected chi connectivity index (χ2v) is 4.77. The van der Waals surface area contributed by atoms with E-state index in [2.05, 4.69) is 4.98 Å². The van der Waals surface area contributed by atoms with Crippen LogP contribution in [0.3, 0.4) is 0 Å². The van der Waals surface area contributed by atoms with Crippen LogP contribution in [0.5, 0.6) is 5.75 Å². The summed E-state index contributed by atoms with van der Waals surface area (Å²) in [5.74, 6) is 0.662. The summed E-state index contributed by atoms with van der Waals surface area (Å²) >= 11 is 0. The number of benzene rings is 2.